The summed E-state index contributed by atoms with van der Waals surface area (Å²) in [5.41, 5.74) is 1.56. The summed E-state index contributed by atoms with van der Waals surface area (Å²) in [5.74, 6) is 1.53. The third-order valence-electron chi connectivity index (χ3n) is 2.79. The van der Waals surface area contributed by atoms with Gasteiger partial charge < -0.3 is 9.72 Å². The van der Waals surface area contributed by atoms with E-state index in [1.54, 1.807) is 6.20 Å². The van der Waals surface area contributed by atoms with Crippen LogP contribution in [-0.2, 0) is 0 Å². The van der Waals surface area contributed by atoms with Crippen LogP contribution in [0.5, 0.6) is 11.5 Å². The molecule has 0 unspecified atom stereocenters. The summed E-state index contributed by atoms with van der Waals surface area (Å²) in [7, 11) is 0. The van der Waals surface area contributed by atoms with E-state index in [4.69, 9.17) is 4.74 Å². The molecule has 0 spiro atoms. The van der Waals surface area contributed by atoms with E-state index in [1.807, 2.05) is 48.5 Å². The van der Waals surface area contributed by atoms with Crippen molar-refractivity contribution in [1.29, 1.82) is 0 Å². The molecule has 2 aromatic carbocycles. The number of hydrogen-bond donors (Lipinski definition) is 1. The van der Waals surface area contributed by atoms with Crippen LogP contribution >= 0.6 is 0 Å². The van der Waals surface area contributed by atoms with Crippen LogP contribution in [0.1, 0.15) is 10.4 Å². The lowest BCUT2D eigenvalue weighted by Gasteiger charge is -2.05. The molecule has 1 N–H and O–H groups in total. The van der Waals surface area contributed by atoms with Gasteiger partial charge in [-0.3, -0.25) is 4.79 Å². The van der Waals surface area contributed by atoms with Crippen molar-refractivity contribution in [2.45, 2.75) is 0 Å². The van der Waals surface area contributed by atoms with Gasteiger partial charge in [-0.2, -0.15) is 0 Å². The summed E-state index contributed by atoms with van der Waals surface area (Å²) in [6, 6.07) is 15.2. The zero-order valence-corrected chi connectivity index (χ0v) is 9.59. The SMILES string of the molecule is O=Cc1c[nH]c2cc(Oc3ccccc3)ccc12. The third-order valence-corrected chi connectivity index (χ3v) is 2.79. The van der Waals surface area contributed by atoms with Gasteiger partial charge in [-0.15, -0.1) is 0 Å². The Balaban J connectivity index is 1.97. The number of carbonyl (C=O) groups is 1. The van der Waals surface area contributed by atoms with Crippen molar-refractivity contribution in [2.24, 2.45) is 0 Å². The molecule has 0 saturated heterocycles. The molecule has 0 atom stereocenters. The number of ether oxygens (including phenoxy) is 1. The molecule has 3 rings (SSSR count). The lowest BCUT2D eigenvalue weighted by molar-refractivity contribution is 0.112. The average molecular weight is 237 g/mol. The predicted molar refractivity (Wildman–Crippen MR) is 70.2 cm³/mol. The minimum Gasteiger partial charge on any atom is -0.457 e. The number of nitrogens with one attached hydrogen (secondary N) is 1. The summed E-state index contributed by atoms with van der Waals surface area (Å²) < 4.78 is 5.72. The van der Waals surface area contributed by atoms with Crippen LogP contribution in [0.4, 0.5) is 0 Å². The highest BCUT2D eigenvalue weighted by molar-refractivity contribution is 5.97. The summed E-state index contributed by atoms with van der Waals surface area (Å²) >= 11 is 0. The Morgan fingerprint density at radius 3 is 2.61 bits per heavy atom. The van der Waals surface area contributed by atoms with Crippen molar-refractivity contribution in [1.82, 2.24) is 4.98 Å². The van der Waals surface area contributed by atoms with E-state index in [0.717, 1.165) is 28.7 Å². The molecular weight excluding hydrogens is 226 g/mol. The molecule has 0 fully saturated rings. The van der Waals surface area contributed by atoms with E-state index in [2.05, 4.69) is 4.98 Å². The first kappa shape index (κ1) is 10.6. The van der Waals surface area contributed by atoms with E-state index in [9.17, 15) is 4.79 Å². The minimum absolute atomic E-state index is 0.663. The van der Waals surface area contributed by atoms with Gasteiger partial charge in [0.1, 0.15) is 11.5 Å². The molecule has 0 amide bonds. The van der Waals surface area contributed by atoms with Gasteiger partial charge in [0.15, 0.2) is 6.29 Å². The fourth-order valence-electron chi connectivity index (χ4n) is 1.91. The molecule has 18 heavy (non-hydrogen) atoms. The highest BCUT2D eigenvalue weighted by Crippen LogP contribution is 2.26. The molecule has 1 aromatic heterocycles. The number of H-pyrrole nitrogens is 1. The van der Waals surface area contributed by atoms with Crippen LogP contribution in [0.15, 0.2) is 54.7 Å². The Labute approximate surface area is 104 Å². The minimum atomic E-state index is 0.663. The van der Waals surface area contributed by atoms with E-state index in [1.165, 1.54) is 0 Å². The fraction of sp³-hybridized carbons (Fsp3) is 0. The highest BCUT2D eigenvalue weighted by Gasteiger charge is 2.04. The highest BCUT2D eigenvalue weighted by atomic mass is 16.5. The molecule has 3 heteroatoms. The Morgan fingerprint density at radius 1 is 1.00 bits per heavy atom. The number of fused-ring (bicyclic) bond motifs is 1. The van der Waals surface area contributed by atoms with Crippen molar-refractivity contribution in [3.8, 4) is 11.5 Å². The zero-order chi connectivity index (χ0) is 12.4. The van der Waals surface area contributed by atoms with Crippen molar-refractivity contribution < 1.29 is 9.53 Å². The maximum absolute atomic E-state index is 10.8. The van der Waals surface area contributed by atoms with Crippen molar-refractivity contribution in [2.75, 3.05) is 0 Å². The van der Waals surface area contributed by atoms with Gasteiger partial charge in [0, 0.05) is 28.7 Å². The summed E-state index contributed by atoms with van der Waals surface area (Å²) in [4.78, 5) is 13.9. The van der Waals surface area contributed by atoms with Crippen molar-refractivity contribution in [3.63, 3.8) is 0 Å². The average Bonchev–Trinajstić information content (AvgIpc) is 2.82. The quantitative estimate of drug-likeness (QED) is 0.704. The molecule has 0 aliphatic heterocycles. The van der Waals surface area contributed by atoms with Gasteiger partial charge in [0.05, 0.1) is 0 Å². The number of aromatic amines is 1. The van der Waals surface area contributed by atoms with Crippen molar-refractivity contribution >= 4 is 17.2 Å². The second kappa shape index (κ2) is 4.37. The number of para-hydroxylation sites is 1. The maximum Gasteiger partial charge on any atom is 0.152 e. The lowest BCUT2D eigenvalue weighted by atomic mass is 10.2. The molecule has 0 radical (unpaired) electrons. The van der Waals surface area contributed by atoms with Crippen LogP contribution < -0.4 is 4.74 Å². The third kappa shape index (κ3) is 1.86. The fourth-order valence-corrected chi connectivity index (χ4v) is 1.91. The van der Waals surface area contributed by atoms with Crippen LogP contribution in [0, 0.1) is 0 Å². The smallest absolute Gasteiger partial charge is 0.152 e. The van der Waals surface area contributed by atoms with Gasteiger partial charge in [0.25, 0.3) is 0 Å². The molecule has 0 aliphatic rings. The molecule has 88 valence electrons. The summed E-state index contributed by atoms with van der Waals surface area (Å²) in [5, 5.41) is 0.908. The first-order valence-corrected chi connectivity index (χ1v) is 5.66. The number of carbonyl (C=O) groups excluding carboxylic acids is 1. The van der Waals surface area contributed by atoms with Crippen molar-refractivity contribution in [3.05, 3.63) is 60.3 Å². The van der Waals surface area contributed by atoms with E-state index >= 15 is 0 Å². The Bertz CT molecular complexity index is 686. The maximum atomic E-state index is 10.8. The van der Waals surface area contributed by atoms with Crippen LogP contribution in [-0.4, -0.2) is 11.3 Å². The molecule has 3 nitrogen and oxygen atoms in total. The Kier molecular flexibility index (Phi) is 2.57. The number of hydrogen-bond acceptors (Lipinski definition) is 2. The van der Waals surface area contributed by atoms with E-state index < -0.39 is 0 Å². The summed E-state index contributed by atoms with van der Waals surface area (Å²) in [6.45, 7) is 0. The van der Waals surface area contributed by atoms with Gasteiger partial charge in [-0.25, -0.2) is 0 Å². The van der Waals surface area contributed by atoms with Crippen LogP contribution in [0.3, 0.4) is 0 Å². The van der Waals surface area contributed by atoms with Gasteiger partial charge in [-0.1, -0.05) is 18.2 Å². The largest absolute Gasteiger partial charge is 0.457 e. The normalized spacial score (nSPS) is 10.4. The first-order valence-electron chi connectivity index (χ1n) is 5.66. The number of aromatic nitrogens is 1. The topological polar surface area (TPSA) is 42.1 Å². The first-order chi connectivity index (χ1) is 8.86. The zero-order valence-electron chi connectivity index (χ0n) is 9.59. The van der Waals surface area contributed by atoms with Gasteiger partial charge in [0.2, 0.25) is 0 Å². The number of benzene rings is 2. The van der Waals surface area contributed by atoms with Crippen LogP contribution in [0.25, 0.3) is 10.9 Å². The molecule has 0 aliphatic carbocycles. The number of aldehydes is 1. The molecule has 0 saturated carbocycles. The van der Waals surface area contributed by atoms with Gasteiger partial charge >= 0.3 is 0 Å². The standard InChI is InChI=1S/C15H11NO2/c17-10-11-9-16-15-8-13(6-7-14(11)15)18-12-4-2-1-3-5-12/h1-10,16H. The Hall–Kier alpha value is -2.55. The monoisotopic (exact) mass is 237 g/mol. The van der Waals surface area contributed by atoms with E-state index in [0.29, 0.717) is 5.56 Å². The Morgan fingerprint density at radius 2 is 1.83 bits per heavy atom. The molecular formula is C15H11NO2. The van der Waals surface area contributed by atoms with Gasteiger partial charge in [-0.05, 0) is 24.3 Å². The van der Waals surface area contributed by atoms with Crippen LogP contribution in [0.2, 0.25) is 0 Å². The molecule has 0 bridgehead atoms. The predicted octanol–water partition coefficient (Wildman–Crippen LogP) is 3.77. The molecule has 3 aromatic rings. The molecule has 1 heterocycles. The summed E-state index contributed by atoms with van der Waals surface area (Å²) in [6.07, 6.45) is 2.54. The number of rotatable bonds is 3. The lowest BCUT2D eigenvalue weighted by Crippen LogP contribution is -1.83. The second-order valence-electron chi connectivity index (χ2n) is 3.98. The second-order valence-corrected chi connectivity index (χ2v) is 3.98. The van der Waals surface area contributed by atoms with E-state index in [-0.39, 0.29) is 0 Å².